The number of rotatable bonds is 7. The van der Waals surface area contributed by atoms with E-state index < -0.39 is 11.9 Å². The van der Waals surface area contributed by atoms with Crippen molar-refractivity contribution in [2.24, 2.45) is 0 Å². The number of carbonyl (C=O) groups excluding carboxylic acids is 3. The van der Waals surface area contributed by atoms with E-state index in [1.807, 2.05) is 64.1 Å². The molecule has 0 saturated heterocycles. The van der Waals surface area contributed by atoms with Crippen LogP contribution in [0.5, 0.6) is 0 Å². The molecule has 0 aromatic heterocycles. The Morgan fingerprint density at radius 1 is 0.821 bits per heavy atom. The Balaban J connectivity index is 1.74. The highest BCUT2D eigenvalue weighted by atomic mass is 16.5. The van der Waals surface area contributed by atoms with Crippen molar-refractivity contribution in [3.8, 4) is 0 Å². The standard InChI is InChI=1S/C22H26N2O4/c1-14-10-15(2)12-18(11-14)23-20(26)13-28-21(27)9-8-19(25)24-22-16(3)6-5-7-17(22)4/h5-7,10-12H,8-9,13H2,1-4H3,(H,23,26)(H,24,25). The second-order valence-corrected chi connectivity index (χ2v) is 6.90. The van der Waals surface area contributed by atoms with Crippen molar-refractivity contribution in [3.63, 3.8) is 0 Å². The monoisotopic (exact) mass is 382 g/mol. The van der Waals surface area contributed by atoms with Gasteiger partial charge in [0, 0.05) is 17.8 Å². The Hall–Kier alpha value is -3.15. The van der Waals surface area contributed by atoms with Crippen molar-refractivity contribution in [1.29, 1.82) is 0 Å². The van der Waals surface area contributed by atoms with E-state index in [1.54, 1.807) is 0 Å². The normalized spacial score (nSPS) is 10.3. The molecule has 0 aliphatic rings. The van der Waals surface area contributed by atoms with Gasteiger partial charge in [-0.05, 0) is 62.1 Å². The van der Waals surface area contributed by atoms with Gasteiger partial charge in [-0.1, -0.05) is 24.3 Å². The Morgan fingerprint density at radius 2 is 1.43 bits per heavy atom. The average Bonchev–Trinajstić information content (AvgIpc) is 2.60. The predicted molar refractivity (Wildman–Crippen MR) is 109 cm³/mol. The van der Waals surface area contributed by atoms with Crippen LogP contribution in [0.2, 0.25) is 0 Å². The number of anilines is 2. The van der Waals surface area contributed by atoms with E-state index in [1.165, 1.54) is 0 Å². The quantitative estimate of drug-likeness (QED) is 0.713. The van der Waals surface area contributed by atoms with Gasteiger partial charge in [-0.15, -0.1) is 0 Å². The fraction of sp³-hybridized carbons (Fsp3) is 0.318. The number of para-hydroxylation sites is 1. The Kier molecular flexibility index (Phi) is 7.32. The summed E-state index contributed by atoms with van der Waals surface area (Å²) in [6, 6.07) is 11.4. The number of aryl methyl sites for hydroxylation is 4. The molecule has 0 spiro atoms. The molecule has 2 amide bonds. The molecule has 6 nitrogen and oxygen atoms in total. The molecule has 2 rings (SSSR count). The molecule has 2 aromatic carbocycles. The first-order valence-electron chi connectivity index (χ1n) is 9.14. The first-order valence-corrected chi connectivity index (χ1v) is 9.14. The predicted octanol–water partition coefficient (Wildman–Crippen LogP) is 3.82. The Bertz CT molecular complexity index is 850. The maximum Gasteiger partial charge on any atom is 0.306 e. The highest BCUT2D eigenvalue weighted by molar-refractivity contribution is 5.95. The van der Waals surface area contributed by atoms with Gasteiger partial charge in [0.15, 0.2) is 6.61 Å². The zero-order chi connectivity index (χ0) is 20.7. The van der Waals surface area contributed by atoms with Crippen molar-refractivity contribution in [2.75, 3.05) is 17.2 Å². The summed E-state index contributed by atoms with van der Waals surface area (Å²) < 4.78 is 4.95. The lowest BCUT2D eigenvalue weighted by Crippen LogP contribution is -2.22. The second kappa shape index (κ2) is 9.69. The minimum atomic E-state index is -0.591. The lowest BCUT2D eigenvalue weighted by atomic mass is 10.1. The van der Waals surface area contributed by atoms with Crippen molar-refractivity contribution in [1.82, 2.24) is 0 Å². The van der Waals surface area contributed by atoms with Crippen LogP contribution in [0.3, 0.4) is 0 Å². The van der Waals surface area contributed by atoms with Gasteiger partial charge < -0.3 is 15.4 Å². The van der Waals surface area contributed by atoms with Crippen LogP contribution in [0.1, 0.15) is 35.1 Å². The van der Waals surface area contributed by atoms with Crippen LogP contribution in [0.4, 0.5) is 11.4 Å². The SMILES string of the molecule is Cc1cc(C)cc(NC(=O)COC(=O)CCC(=O)Nc2c(C)cccc2C)c1. The fourth-order valence-electron chi connectivity index (χ4n) is 2.89. The number of nitrogens with one attached hydrogen (secondary N) is 2. The van der Waals surface area contributed by atoms with E-state index in [2.05, 4.69) is 10.6 Å². The van der Waals surface area contributed by atoms with Crippen LogP contribution in [0, 0.1) is 27.7 Å². The summed E-state index contributed by atoms with van der Waals surface area (Å²) in [7, 11) is 0. The third-order valence-corrected chi connectivity index (χ3v) is 4.17. The molecule has 0 bridgehead atoms. The molecule has 2 aromatic rings. The van der Waals surface area contributed by atoms with Crippen molar-refractivity contribution >= 4 is 29.2 Å². The third kappa shape index (κ3) is 6.54. The lowest BCUT2D eigenvalue weighted by Gasteiger charge is -2.11. The van der Waals surface area contributed by atoms with Gasteiger partial charge in [-0.25, -0.2) is 0 Å². The minimum absolute atomic E-state index is 0.00863. The molecule has 0 radical (unpaired) electrons. The van der Waals surface area contributed by atoms with E-state index in [4.69, 9.17) is 4.74 Å². The molecule has 0 unspecified atom stereocenters. The number of hydrogen-bond donors (Lipinski definition) is 2. The Labute approximate surface area is 165 Å². The zero-order valence-corrected chi connectivity index (χ0v) is 16.7. The summed E-state index contributed by atoms with van der Waals surface area (Å²) in [5, 5.41) is 5.51. The van der Waals surface area contributed by atoms with Gasteiger partial charge in [-0.3, -0.25) is 14.4 Å². The van der Waals surface area contributed by atoms with Crippen LogP contribution < -0.4 is 10.6 Å². The molecule has 0 atom stereocenters. The summed E-state index contributed by atoms with van der Waals surface area (Å²) in [6.07, 6.45) is -0.0983. The van der Waals surface area contributed by atoms with Gasteiger partial charge >= 0.3 is 5.97 Å². The van der Waals surface area contributed by atoms with Crippen LogP contribution >= 0.6 is 0 Å². The highest BCUT2D eigenvalue weighted by Gasteiger charge is 2.12. The number of amides is 2. The largest absolute Gasteiger partial charge is 0.456 e. The van der Waals surface area contributed by atoms with Crippen LogP contribution in [0.15, 0.2) is 36.4 Å². The Morgan fingerprint density at radius 3 is 2.04 bits per heavy atom. The summed E-state index contributed by atoms with van der Waals surface area (Å²) in [5.41, 5.74) is 5.39. The summed E-state index contributed by atoms with van der Waals surface area (Å²) in [6.45, 7) is 7.30. The van der Waals surface area contributed by atoms with E-state index in [0.29, 0.717) is 5.69 Å². The second-order valence-electron chi connectivity index (χ2n) is 6.90. The van der Waals surface area contributed by atoms with Crippen molar-refractivity contribution in [3.05, 3.63) is 58.7 Å². The molecule has 6 heteroatoms. The average molecular weight is 382 g/mol. The molecule has 0 saturated carbocycles. The zero-order valence-electron chi connectivity index (χ0n) is 16.7. The smallest absolute Gasteiger partial charge is 0.306 e. The fourth-order valence-corrected chi connectivity index (χ4v) is 2.89. The maximum atomic E-state index is 12.1. The van der Waals surface area contributed by atoms with Gasteiger partial charge in [0.05, 0.1) is 6.42 Å². The molecular formula is C22H26N2O4. The summed E-state index contributed by atoms with van der Waals surface area (Å²) in [5.74, 6) is -1.28. The molecule has 0 fully saturated rings. The van der Waals surface area contributed by atoms with Crippen LogP contribution in [-0.2, 0) is 19.1 Å². The molecule has 148 valence electrons. The first kappa shape index (κ1) is 21.2. The molecule has 2 N–H and O–H groups in total. The third-order valence-electron chi connectivity index (χ3n) is 4.17. The highest BCUT2D eigenvalue weighted by Crippen LogP contribution is 2.19. The molecular weight excluding hydrogens is 356 g/mol. The number of ether oxygens (including phenoxy) is 1. The lowest BCUT2D eigenvalue weighted by molar-refractivity contribution is -0.147. The first-order chi connectivity index (χ1) is 13.2. The van der Waals surface area contributed by atoms with Gasteiger partial charge in [0.25, 0.3) is 5.91 Å². The van der Waals surface area contributed by atoms with E-state index in [9.17, 15) is 14.4 Å². The van der Waals surface area contributed by atoms with Crippen LogP contribution in [-0.4, -0.2) is 24.4 Å². The van der Waals surface area contributed by atoms with E-state index in [-0.39, 0.29) is 25.4 Å². The minimum Gasteiger partial charge on any atom is -0.456 e. The molecule has 0 aliphatic carbocycles. The summed E-state index contributed by atoms with van der Waals surface area (Å²) >= 11 is 0. The summed E-state index contributed by atoms with van der Waals surface area (Å²) in [4.78, 5) is 35.8. The molecule has 28 heavy (non-hydrogen) atoms. The topological polar surface area (TPSA) is 84.5 Å². The van der Waals surface area contributed by atoms with Crippen molar-refractivity contribution in [2.45, 2.75) is 40.5 Å². The molecule has 0 aliphatic heterocycles. The van der Waals surface area contributed by atoms with Gasteiger partial charge in [-0.2, -0.15) is 0 Å². The number of hydrogen-bond acceptors (Lipinski definition) is 4. The number of benzene rings is 2. The number of carbonyl (C=O) groups is 3. The maximum absolute atomic E-state index is 12.1. The van der Waals surface area contributed by atoms with Crippen molar-refractivity contribution < 1.29 is 19.1 Å². The van der Waals surface area contributed by atoms with Gasteiger partial charge in [0.1, 0.15) is 0 Å². The van der Waals surface area contributed by atoms with E-state index in [0.717, 1.165) is 27.9 Å². The van der Waals surface area contributed by atoms with Crippen LogP contribution in [0.25, 0.3) is 0 Å². The molecule has 0 heterocycles. The van der Waals surface area contributed by atoms with E-state index >= 15 is 0 Å². The number of esters is 1. The van der Waals surface area contributed by atoms with Gasteiger partial charge in [0.2, 0.25) is 5.91 Å².